The fraction of sp³-hybridized carbons (Fsp3) is 0.438. The number of aromatic nitrogens is 1. The van der Waals surface area contributed by atoms with Crippen LogP contribution in [0.25, 0.3) is 10.9 Å². The fourth-order valence-electron chi connectivity index (χ4n) is 2.80. The molecular weight excluding hydrogens is 236 g/mol. The van der Waals surface area contributed by atoms with Gasteiger partial charge in [0.05, 0.1) is 17.3 Å². The molecule has 3 nitrogen and oxygen atoms in total. The Morgan fingerprint density at radius 3 is 2.74 bits per heavy atom. The average Bonchev–Trinajstić information content (AvgIpc) is 2.45. The lowest BCUT2D eigenvalue weighted by atomic mass is 9.89. The molecule has 19 heavy (non-hydrogen) atoms. The summed E-state index contributed by atoms with van der Waals surface area (Å²) < 4.78 is 6.18. The monoisotopic (exact) mass is 256 g/mol. The minimum absolute atomic E-state index is 0.336. The van der Waals surface area contributed by atoms with Crippen LogP contribution in [0.3, 0.4) is 0 Å². The molecule has 0 radical (unpaired) electrons. The third-order valence-corrected chi connectivity index (χ3v) is 4.02. The van der Waals surface area contributed by atoms with E-state index in [4.69, 9.17) is 10.5 Å². The van der Waals surface area contributed by atoms with Crippen LogP contribution in [-0.4, -0.2) is 11.1 Å². The Kier molecular flexibility index (Phi) is 3.28. The Hall–Kier alpha value is -1.77. The van der Waals surface area contributed by atoms with Gasteiger partial charge in [0.25, 0.3) is 0 Å². The number of fused-ring (bicyclic) bond motifs is 1. The van der Waals surface area contributed by atoms with Crippen molar-refractivity contribution in [1.82, 2.24) is 4.98 Å². The van der Waals surface area contributed by atoms with Gasteiger partial charge >= 0.3 is 0 Å². The Morgan fingerprint density at radius 1 is 1.16 bits per heavy atom. The first-order valence-electron chi connectivity index (χ1n) is 7.04. The fourth-order valence-corrected chi connectivity index (χ4v) is 2.80. The summed E-state index contributed by atoms with van der Waals surface area (Å²) in [4.78, 5) is 4.34. The van der Waals surface area contributed by atoms with Crippen LogP contribution >= 0.6 is 0 Å². The van der Waals surface area contributed by atoms with E-state index in [0.717, 1.165) is 35.4 Å². The molecule has 100 valence electrons. The van der Waals surface area contributed by atoms with Crippen LogP contribution in [-0.2, 0) is 0 Å². The standard InChI is InChI=1S/C16H20N2O/c1-11-4-6-12(7-5-11)19-15-9-8-14(17)16-13(15)3-2-10-18-16/h2-3,8-12H,4-7,17H2,1H3. The molecule has 2 N–H and O–H groups in total. The SMILES string of the molecule is CC1CCC(Oc2ccc(N)c3ncccc23)CC1. The van der Waals surface area contributed by atoms with E-state index in [2.05, 4.69) is 11.9 Å². The molecule has 0 bridgehead atoms. The summed E-state index contributed by atoms with van der Waals surface area (Å²) in [5.74, 6) is 1.75. The van der Waals surface area contributed by atoms with Gasteiger partial charge in [0.1, 0.15) is 5.75 Å². The number of ether oxygens (including phenoxy) is 1. The second-order valence-electron chi connectivity index (χ2n) is 5.55. The molecule has 0 saturated heterocycles. The van der Waals surface area contributed by atoms with E-state index in [-0.39, 0.29) is 0 Å². The number of anilines is 1. The Morgan fingerprint density at radius 2 is 1.95 bits per heavy atom. The number of nitrogen functional groups attached to an aromatic ring is 1. The number of benzene rings is 1. The maximum absolute atomic E-state index is 6.18. The molecule has 3 rings (SSSR count). The normalized spacial score (nSPS) is 23.4. The van der Waals surface area contributed by atoms with E-state index in [1.54, 1.807) is 6.20 Å². The first-order valence-corrected chi connectivity index (χ1v) is 7.04. The zero-order valence-corrected chi connectivity index (χ0v) is 11.3. The van der Waals surface area contributed by atoms with E-state index in [0.29, 0.717) is 11.8 Å². The zero-order valence-electron chi connectivity index (χ0n) is 11.3. The van der Waals surface area contributed by atoms with Gasteiger partial charge in [0, 0.05) is 11.6 Å². The summed E-state index contributed by atoms with van der Waals surface area (Å²) in [6, 6.07) is 7.81. The molecule has 1 aromatic carbocycles. The van der Waals surface area contributed by atoms with Gasteiger partial charge in [0.2, 0.25) is 0 Å². The van der Waals surface area contributed by atoms with E-state index < -0.39 is 0 Å². The second kappa shape index (κ2) is 5.08. The lowest BCUT2D eigenvalue weighted by Gasteiger charge is -2.27. The maximum Gasteiger partial charge on any atom is 0.129 e. The molecule has 2 aromatic rings. The van der Waals surface area contributed by atoms with Gasteiger partial charge in [-0.2, -0.15) is 0 Å². The van der Waals surface area contributed by atoms with E-state index >= 15 is 0 Å². The Balaban J connectivity index is 1.87. The highest BCUT2D eigenvalue weighted by Crippen LogP contribution is 2.32. The predicted molar refractivity (Wildman–Crippen MR) is 78.2 cm³/mol. The highest BCUT2D eigenvalue weighted by Gasteiger charge is 2.20. The summed E-state index contributed by atoms with van der Waals surface area (Å²) in [6.45, 7) is 2.32. The van der Waals surface area contributed by atoms with Crippen molar-refractivity contribution in [2.75, 3.05) is 5.73 Å². The molecular formula is C16H20N2O. The zero-order chi connectivity index (χ0) is 13.2. The molecule has 0 unspecified atom stereocenters. The van der Waals surface area contributed by atoms with Crippen LogP contribution in [0.4, 0.5) is 5.69 Å². The first kappa shape index (κ1) is 12.3. The van der Waals surface area contributed by atoms with Crippen LogP contribution < -0.4 is 10.5 Å². The topological polar surface area (TPSA) is 48.1 Å². The third kappa shape index (κ3) is 2.50. The molecule has 0 atom stereocenters. The number of hydrogen-bond acceptors (Lipinski definition) is 3. The number of nitrogens with two attached hydrogens (primary N) is 1. The van der Waals surface area contributed by atoms with Crippen molar-refractivity contribution in [1.29, 1.82) is 0 Å². The van der Waals surface area contributed by atoms with Crippen LogP contribution in [0.15, 0.2) is 30.5 Å². The van der Waals surface area contributed by atoms with Crippen molar-refractivity contribution in [3.63, 3.8) is 0 Å². The van der Waals surface area contributed by atoms with Gasteiger partial charge in [-0.3, -0.25) is 4.98 Å². The molecule has 1 saturated carbocycles. The molecule has 1 aliphatic rings. The van der Waals surface area contributed by atoms with Crippen molar-refractivity contribution in [3.05, 3.63) is 30.5 Å². The van der Waals surface area contributed by atoms with Gasteiger partial charge < -0.3 is 10.5 Å². The summed E-state index contributed by atoms with van der Waals surface area (Å²) in [6.07, 6.45) is 6.92. The summed E-state index contributed by atoms with van der Waals surface area (Å²) in [5, 5.41) is 1.01. The second-order valence-corrected chi connectivity index (χ2v) is 5.55. The molecule has 0 spiro atoms. The van der Waals surface area contributed by atoms with Crippen molar-refractivity contribution in [3.8, 4) is 5.75 Å². The van der Waals surface area contributed by atoms with E-state index in [1.165, 1.54) is 12.8 Å². The minimum atomic E-state index is 0.336. The van der Waals surface area contributed by atoms with Gasteiger partial charge in [0.15, 0.2) is 0 Å². The van der Waals surface area contributed by atoms with Gasteiger partial charge in [-0.05, 0) is 55.9 Å². The quantitative estimate of drug-likeness (QED) is 0.832. The Labute approximate surface area is 113 Å². The van der Waals surface area contributed by atoms with Crippen molar-refractivity contribution in [2.45, 2.75) is 38.7 Å². The highest BCUT2D eigenvalue weighted by atomic mass is 16.5. The summed E-state index contributed by atoms with van der Waals surface area (Å²) in [5.41, 5.74) is 7.50. The average molecular weight is 256 g/mol. The van der Waals surface area contributed by atoms with Gasteiger partial charge in [-0.25, -0.2) is 0 Å². The minimum Gasteiger partial charge on any atom is -0.490 e. The third-order valence-electron chi connectivity index (χ3n) is 4.02. The smallest absolute Gasteiger partial charge is 0.129 e. The lowest BCUT2D eigenvalue weighted by molar-refractivity contribution is 0.137. The molecule has 0 aliphatic heterocycles. The number of pyridine rings is 1. The highest BCUT2D eigenvalue weighted by molar-refractivity contribution is 5.93. The number of rotatable bonds is 2. The maximum atomic E-state index is 6.18. The number of nitrogens with zero attached hydrogens (tertiary/aromatic N) is 1. The summed E-state index contributed by atoms with van der Waals surface area (Å²) in [7, 11) is 0. The van der Waals surface area contributed by atoms with Crippen molar-refractivity contribution in [2.24, 2.45) is 5.92 Å². The van der Waals surface area contributed by atoms with Crippen LogP contribution in [0, 0.1) is 5.92 Å². The van der Waals surface area contributed by atoms with Gasteiger partial charge in [-0.1, -0.05) is 6.92 Å². The molecule has 0 amide bonds. The summed E-state index contributed by atoms with van der Waals surface area (Å²) >= 11 is 0. The van der Waals surface area contributed by atoms with Crippen LogP contribution in [0.2, 0.25) is 0 Å². The largest absolute Gasteiger partial charge is 0.490 e. The lowest BCUT2D eigenvalue weighted by Crippen LogP contribution is -2.23. The van der Waals surface area contributed by atoms with Gasteiger partial charge in [-0.15, -0.1) is 0 Å². The molecule has 1 aliphatic carbocycles. The van der Waals surface area contributed by atoms with Crippen LogP contribution in [0.1, 0.15) is 32.6 Å². The van der Waals surface area contributed by atoms with Crippen molar-refractivity contribution >= 4 is 16.6 Å². The Bertz CT molecular complexity index is 574. The van der Waals surface area contributed by atoms with Crippen LogP contribution in [0.5, 0.6) is 5.75 Å². The molecule has 1 heterocycles. The van der Waals surface area contributed by atoms with E-state index in [1.807, 2.05) is 24.3 Å². The van der Waals surface area contributed by atoms with E-state index in [9.17, 15) is 0 Å². The molecule has 1 fully saturated rings. The first-order chi connectivity index (χ1) is 9.24. The van der Waals surface area contributed by atoms with Crippen molar-refractivity contribution < 1.29 is 4.74 Å². The predicted octanol–water partition coefficient (Wildman–Crippen LogP) is 3.77. The molecule has 1 aromatic heterocycles. The molecule has 3 heteroatoms. The number of hydrogen-bond donors (Lipinski definition) is 1.